The van der Waals surface area contributed by atoms with Crippen LogP contribution in [-0.4, -0.2) is 139 Å². The Morgan fingerprint density at radius 2 is 1.61 bits per heavy atom. The summed E-state index contributed by atoms with van der Waals surface area (Å²) in [5.74, 6) is 1.78. The van der Waals surface area contributed by atoms with Crippen LogP contribution in [0.5, 0.6) is 23.1 Å². The SMILES string of the molecule is CCCCn1nccc1COc1ccccc1C[C@@H](Oc1ncnc2sc(-c3ccc(OCCN4CCOCC4)cc3)c(-c3ccc(OCCN4CCN(C)CC4)c(Cl)c3C)c12)C(=O)OCC. The molecular weight excluding hydrogens is 890 g/mol. The molecule has 356 valence electrons. The van der Waals surface area contributed by atoms with Crippen LogP contribution in [-0.2, 0) is 33.8 Å². The first-order valence-corrected chi connectivity index (χ1v) is 24.7. The van der Waals surface area contributed by atoms with Crippen molar-refractivity contribution in [3.05, 3.63) is 101 Å². The molecule has 6 aromatic rings. The third kappa shape index (κ3) is 12.2. The van der Waals surface area contributed by atoms with E-state index in [9.17, 15) is 4.79 Å². The first-order chi connectivity index (χ1) is 32.8. The molecule has 8 rings (SSSR count). The number of hydrogen-bond donors (Lipinski definition) is 0. The van der Waals surface area contributed by atoms with Crippen molar-refractivity contribution in [1.29, 1.82) is 0 Å². The fourth-order valence-corrected chi connectivity index (χ4v) is 9.75. The molecule has 3 aromatic carbocycles. The summed E-state index contributed by atoms with van der Waals surface area (Å²) in [6.07, 6.45) is 4.46. The van der Waals surface area contributed by atoms with Crippen molar-refractivity contribution < 1.29 is 33.2 Å². The quantitative estimate of drug-likeness (QED) is 0.0605. The molecule has 16 heteroatoms. The molecule has 0 bridgehead atoms. The molecule has 2 fully saturated rings. The van der Waals surface area contributed by atoms with Gasteiger partial charge in [-0.15, -0.1) is 11.3 Å². The van der Waals surface area contributed by atoms with E-state index in [4.69, 9.17) is 50.0 Å². The van der Waals surface area contributed by atoms with E-state index in [1.54, 1.807) is 13.1 Å². The summed E-state index contributed by atoms with van der Waals surface area (Å²) in [5.41, 5.74) is 5.25. The average molecular weight is 953 g/mol. The zero-order chi connectivity index (χ0) is 46.5. The third-order valence-corrected chi connectivity index (χ3v) is 13.9. The number of aryl methyl sites for hydroxylation is 1. The van der Waals surface area contributed by atoms with Crippen LogP contribution in [0.2, 0.25) is 5.02 Å². The van der Waals surface area contributed by atoms with Gasteiger partial charge in [0.25, 0.3) is 0 Å². The van der Waals surface area contributed by atoms with Crippen LogP contribution in [0.25, 0.3) is 31.8 Å². The van der Waals surface area contributed by atoms with E-state index >= 15 is 0 Å². The second-order valence-electron chi connectivity index (χ2n) is 16.9. The number of aromatic nitrogens is 4. The van der Waals surface area contributed by atoms with Crippen molar-refractivity contribution in [3.8, 4) is 44.7 Å². The molecule has 2 aliphatic heterocycles. The van der Waals surface area contributed by atoms with Crippen LogP contribution >= 0.6 is 22.9 Å². The molecule has 1 atom stereocenters. The largest absolute Gasteiger partial charge is 0.492 e. The van der Waals surface area contributed by atoms with Crippen molar-refractivity contribution >= 4 is 39.1 Å². The molecular formula is C51H62ClN7O7S. The lowest BCUT2D eigenvalue weighted by atomic mass is 9.96. The number of hydrogen-bond acceptors (Lipinski definition) is 14. The van der Waals surface area contributed by atoms with Crippen molar-refractivity contribution in [2.24, 2.45) is 0 Å². The summed E-state index contributed by atoms with van der Waals surface area (Å²) < 4.78 is 38.8. The number of carbonyl (C=O) groups excluding carboxylic acids is 1. The maximum absolute atomic E-state index is 13.9. The van der Waals surface area contributed by atoms with Crippen LogP contribution in [0.3, 0.4) is 0 Å². The topological polar surface area (TPSA) is 126 Å². The molecule has 2 aliphatic rings. The van der Waals surface area contributed by atoms with E-state index in [0.29, 0.717) is 46.6 Å². The van der Waals surface area contributed by atoms with Gasteiger partial charge in [-0.25, -0.2) is 14.8 Å². The van der Waals surface area contributed by atoms with Gasteiger partial charge in [0.1, 0.15) is 48.2 Å². The molecule has 2 saturated heterocycles. The first-order valence-electron chi connectivity index (χ1n) is 23.5. The van der Waals surface area contributed by atoms with Gasteiger partial charge < -0.3 is 33.3 Å². The molecule has 0 amide bonds. The summed E-state index contributed by atoms with van der Waals surface area (Å²) in [5, 5.41) is 5.68. The van der Waals surface area contributed by atoms with Gasteiger partial charge in [-0.2, -0.15) is 5.10 Å². The molecule has 14 nitrogen and oxygen atoms in total. The van der Waals surface area contributed by atoms with Gasteiger partial charge in [0.2, 0.25) is 12.0 Å². The number of esters is 1. The van der Waals surface area contributed by atoms with Gasteiger partial charge in [-0.1, -0.05) is 49.2 Å². The second kappa shape index (κ2) is 23.6. The van der Waals surface area contributed by atoms with Gasteiger partial charge in [0.15, 0.2) is 0 Å². The smallest absolute Gasteiger partial charge is 0.347 e. The van der Waals surface area contributed by atoms with Crippen LogP contribution < -0.4 is 18.9 Å². The Labute approximate surface area is 402 Å². The lowest BCUT2D eigenvalue weighted by Gasteiger charge is -2.32. The Bertz CT molecular complexity index is 2540. The number of ether oxygens (including phenoxy) is 6. The number of unbranched alkanes of at least 4 members (excludes halogenated alkanes) is 1. The monoisotopic (exact) mass is 951 g/mol. The number of thiophene rings is 1. The Morgan fingerprint density at radius 1 is 0.851 bits per heavy atom. The Morgan fingerprint density at radius 3 is 2.39 bits per heavy atom. The molecule has 0 radical (unpaired) electrons. The highest BCUT2D eigenvalue weighted by molar-refractivity contribution is 7.22. The lowest BCUT2D eigenvalue weighted by molar-refractivity contribution is -0.151. The average Bonchev–Trinajstić information content (AvgIpc) is 3.98. The molecule has 3 aromatic heterocycles. The number of carbonyl (C=O) groups is 1. The Hall–Kier alpha value is -5.29. The number of fused-ring (bicyclic) bond motifs is 1. The zero-order valence-corrected chi connectivity index (χ0v) is 40.7. The van der Waals surface area contributed by atoms with E-state index < -0.39 is 12.1 Å². The summed E-state index contributed by atoms with van der Waals surface area (Å²) in [6, 6.07) is 21.8. The number of likely N-dealkylation sites (N-methyl/N-ethyl adjacent to an activating group) is 1. The molecule has 0 unspecified atom stereocenters. The minimum Gasteiger partial charge on any atom is -0.492 e. The lowest BCUT2D eigenvalue weighted by Crippen LogP contribution is -2.45. The summed E-state index contributed by atoms with van der Waals surface area (Å²) in [4.78, 5) is 32.2. The zero-order valence-electron chi connectivity index (χ0n) is 39.1. The number of halogens is 1. The highest BCUT2D eigenvalue weighted by Gasteiger charge is 2.29. The van der Waals surface area contributed by atoms with Crippen LogP contribution in [0.4, 0.5) is 0 Å². The molecule has 0 saturated carbocycles. The highest BCUT2D eigenvalue weighted by atomic mass is 35.5. The predicted molar refractivity (Wildman–Crippen MR) is 263 cm³/mol. The standard InChI is InChI=1S/C51H62ClN7O7S/c1-5-7-20-59-39(18-19-55-59)34-65-42-11-9-8-10-38(42)33-44(51(60)62-6-2)66-49-46-45(41-16-17-43(47(52)36(41)3)64-32-28-57-23-21-56(4)22-24-57)48(67-50(46)54-35-53-49)37-12-14-40(15-13-37)63-31-27-58-25-29-61-30-26-58/h8-19,35,44H,5-7,20-34H2,1-4H3/t44-/m1/s1. The third-order valence-electron chi connectivity index (χ3n) is 12.3. The van der Waals surface area contributed by atoms with E-state index in [1.165, 1.54) is 17.7 Å². The van der Waals surface area contributed by atoms with Crippen LogP contribution in [0.1, 0.15) is 43.5 Å². The fraction of sp³-hybridized carbons (Fsp3) is 0.451. The van der Waals surface area contributed by atoms with E-state index in [1.807, 2.05) is 66.2 Å². The Balaban J connectivity index is 1.11. The second-order valence-corrected chi connectivity index (χ2v) is 18.3. The predicted octanol–water partition coefficient (Wildman–Crippen LogP) is 8.45. The number of piperazine rings is 1. The van der Waals surface area contributed by atoms with E-state index in [2.05, 4.69) is 45.9 Å². The van der Waals surface area contributed by atoms with Gasteiger partial charge >= 0.3 is 5.97 Å². The maximum atomic E-state index is 13.9. The van der Waals surface area contributed by atoms with Crippen molar-refractivity contribution in [2.45, 2.75) is 59.3 Å². The minimum absolute atomic E-state index is 0.167. The van der Waals surface area contributed by atoms with Gasteiger partial charge in [-0.3, -0.25) is 14.5 Å². The molecule has 0 N–H and O–H groups in total. The van der Waals surface area contributed by atoms with Crippen molar-refractivity contribution in [1.82, 2.24) is 34.4 Å². The fourth-order valence-electron chi connectivity index (χ4n) is 8.37. The van der Waals surface area contributed by atoms with Gasteiger partial charge in [-0.05, 0) is 92.0 Å². The molecule has 67 heavy (non-hydrogen) atoms. The first kappa shape index (κ1) is 48.2. The Kier molecular flexibility index (Phi) is 17.0. The summed E-state index contributed by atoms with van der Waals surface area (Å²) in [6.45, 7) is 17.4. The number of morpholine rings is 1. The van der Waals surface area contributed by atoms with Gasteiger partial charge in [0, 0.05) is 82.0 Å². The van der Waals surface area contributed by atoms with Crippen molar-refractivity contribution in [3.63, 3.8) is 0 Å². The highest BCUT2D eigenvalue weighted by Crippen LogP contribution is 2.49. The minimum atomic E-state index is -1.07. The number of benzene rings is 3. The number of rotatable bonds is 22. The van der Waals surface area contributed by atoms with Gasteiger partial charge in [0.05, 0.1) is 35.9 Å². The normalized spacial score (nSPS) is 15.4. The van der Waals surface area contributed by atoms with E-state index in [-0.39, 0.29) is 18.9 Å². The molecule has 0 aliphatic carbocycles. The van der Waals surface area contributed by atoms with Crippen LogP contribution in [0, 0.1) is 6.92 Å². The molecule has 5 heterocycles. The number of para-hydroxylation sites is 1. The van der Waals surface area contributed by atoms with E-state index in [0.717, 1.165) is 129 Å². The van der Waals surface area contributed by atoms with Crippen LogP contribution in [0.15, 0.2) is 79.3 Å². The summed E-state index contributed by atoms with van der Waals surface area (Å²) >= 11 is 8.74. The molecule has 0 spiro atoms. The number of nitrogens with zero attached hydrogens (tertiary/aromatic N) is 7. The van der Waals surface area contributed by atoms with Crippen molar-refractivity contribution in [2.75, 3.05) is 92.4 Å². The maximum Gasteiger partial charge on any atom is 0.347 e. The summed E-state index contributed by atoms with van der Waals surface area (Å²) in [7, 11) is 2.16.